The highest BCUT2D eigenvalue weighted by atomic mass is 32.1. The van der Waals surface area contributed by atoms with Gasteiger partial charge in [-0.05, 0) is 33.8 Å². The maximum Gasteiger partial charge on any atom is 0.223 e. The van der Waals surface area contributed by atoms with Gasteiger partial charge in [0.2, 0.25) is 5.95 Å². The number of hydrogen-bond donors (Lipinski definition) is 2. The summed E-state index contributed by atoms with van der Waals surface area (Å²) in [6.45, 7) is 9.14. The molecule has 18 heavy (non-hydrogen) atoms. The summed E-state index contributed by atoms with van der Waals surface area (Å²) in [4.78, 5) is 8.81. The fourth-order valence-electron chi connectivity index (χ4n) is 1.51. The van der Waals surface area contributed by atoms with Gasteiger partial charge in [0.1, 0.15) is 10.7 Å². The average molecular weight is 268 g/mol. The maximum absolute atomic E-state index is 5.59. The lowest BCUT2D eigenvalue weighted by molar-refractivity contribution is 0.000579. The fraction of sp³-hybridized carbons (Fsp3) is 0.583. The van der Waals surface area contributed by atoms with Crippen LogP contribution in [0.1, 0.15) is 32.2 Å². The predicted octanol–water partition coefficient (Wildman–Crippen LogP) is 1.65. The molecule has 0 aliphatic rings. The van der Waals surface area contributed by atoms with Gasteiger partial charge in [0.15, 0.2) is 0 Å². The highest BCUT2D eigenvalue weighted by Gasteiger charge is 2.17. The second-order valence-corrected chi connectivity index (χ2v) is 5.07. The zero-order valence-corrected chi connectivity index (χ0v) is 12.1. The Labute approximate surface area is 113 Å². The molecule has 0 aromatic carbocycles. The molecule has 1 aromatic heterocycles. The smallest absolute Gasteiger partial charge is 0.223 e. The van der Waals surface area contributed by atoms with Gasteiger partial charge in [-0.1, -0.05) is 12.2 Å². The molecular weight excluding hydrogens is 248 g/mol. The molecule has 1 heterocycles. The molecule has 0 aliphatic carbocycles. The molecule has 0 unspecified atom stereocenters. The zero-order chi connectivity index (χ0) is 13.8. The highest BCUT2D eigenvalue weighted by molar-refractivity contribution is 7.80. The first-order valence-corrected chi connectivity index (χ1v) is 6.28. The van der Waals surface area contributed by atoms with E-state index in [-0.39, 0.29) is 10.6 Å². The molecular formula is C12H20N4OS. The van der Waals surface area contributed by atoms with Crippen LogP contribution in [-0.4, -0.2) is 33.7 Å². The summed E-state index contributed by atoms with van der Waals surface area (Å²) in [5, 5.41) is 3.14. The number of aromatic nitrogens is 2. The van der Waals surface area contributed by atoms with Crippen molar-refractivity contribution in [2.45, 2.75) is 33.3 Å². The molecule has 0 radical (unpaired) electrons. The first-order chi connectivity index (χ1) is 8.34. The minimum Gasteiger partial charge on any atom is -0.388 e. The molecule has 0 fully saturated rings. The topological polar surface area (TPSA) is 73.1 Å². The van der Waals surface area contributed by atoms with Crippen LogP contribution in [0.5, 0.6) is 0 Å². The lowest BCUT2D eigenvalue weighted by atomic mass is 10.1. The molecule has 0 bridgehead atoms. The minimum absolute atomic E-state index is 0.271. The number of nitrogens with zero attached hydrogens (tertiary/aromatic N) is 2. The van der Waals surface area contributed by atoms with Crippen molar-refractivity contribution < 1.29 is 4.74 Å². The molecule has 0 spiro atoms. The summed E-state index contributed by atoms with van der Waals surface area (Å²) in [6.07, 6.45) is 0. The molecule has 3 N–H and O–H groups in total. The van der Waals surface area contributed by atoms with E-state index in [1.54, 1.807) is 6.07 Å². The van der Waals surface area contributed by atoms with E-state index < -0.39 is 0 Å². The van der Waals surface area contributed by atoms with E-state index in [1.807, 2.05) is 27.7 Å². The second kappa shape index (κ2) is 6.06. The Morgan fingerprint density at radius 3 is 2.72 bits per heavy atom. The van der Waals surface area contributed by atoms with Gasteiger partial charge < -0.3 is 15.8 Å². The Kier molecular flexibility index (Phi) is 4.98. The van der Waals surface area contributed by atoms with Crippen LogP contribution in [0.3, 0.4) is 0 Å². The monoisotopic (exact) mass is 268 g/mol. The number of nitrogens with one attached hydrogen (secondary N) is 1. The zero-order valence-electron chi connectivity index (χ0n) is 11.3. The molecule has 0 aliphatic heterocycles. The molecule has 5 nitrogen and oxygen atoms in total. The average Bonchev–Trinajstić information content (AvgIpc) is 2.26. The van der Waals surface area contributed by atoms with Crippen LogP contribution in [0.4, 0.5) is 5.95 Å². The van der Waals surface area contributed by atoms with Crippen molar-refractivity contribution in [2.24, 2.45) is 5.73 Å². The fourth-order valence-corrected chi connectivity index (χ4v) is 1.61. The first kappa shape index (κ1) is 14.8. The van der Waals surface area contributed by atoms with Gasteiger partial charge in [-0.15, -0.1) is 0 Å². The summed E-state index contributed by atoms with van der Waals surface area (Å²) in [5.74, 6) is 0.519. The highest BCUT2D eigenvalue weighted by Crippen LogP contribution is 2.11. The summed E-state index contributed by atoms with van der Waals surface area (Å²) in [7, 11) is 0. The standard InChI is InChI=1S/C12H20N4OS/c1-5-17-12(3,4)7-14-11-15-8(2)6-9(16-11)10(13)18/h6H,5,7H2,1-4H3,(H2,13,18)(H,14,15,16). The van der Waals surface area contributed by atoms with Crippen molar-refractivity contribution in [3.63, 3.8) is 0 Å². The van der Waals surface area contributed by atoms with Crippen LogP contribution in [0.2, 0.25) is 0 Å². The van der Waals surface area contributed by atoms with Crippen LogP contribution in [0.15, 0.2) is 6.07 Å². The van der Waals surface area contributed by atoms with Gasteiger partial charge >= 0.3 is 0 Å². The largest absolute Gasteiger partial charge is 0.388 e. The van der Waals surface area contributed by atoms with Crippen molar-refractivity contribution in [3.8, 4) is 0 Å². The van der Waals surface area contributed by atoms with Gasteiger partial charge in [0.05, 0.1) is 5.60 Å². The van der Waals surface area contributed by atoms with E-state index in [4.69, 9.17) is 22.7 Å². The predicted molar refractivity (Wildman–Crippen MR) is 76.9 cm³/mol. The molecule has 0 saturated carbocycles. The summed E-state index contributed by atoms with van der Waals surface area (Å²) >= 11 is 4.92. The Hall–Kier alpha value is -1.27. The molecule has 0 amide bonds. The number of anilines is 1. The van der Waals surface area contributed by atoms with E-state index >= 15 is 0 Å². The molecule has 0 atom stereocenters. The number of hydrogen-bond acceptors (Lipinski definition) is 5. The van der Waals surface area contributed by atoms with Crippen LogP contribution in [0, 0.1) is 6.92 Å². The van der Waals surface area contributed by atoms with E-state index in [0.29, 0.717) is 24.8 Å². The van der Waals surface area contributed by atoms with E-state index in [1.165, 1.54) is 0 Å². The van der Waals surface area contributed by atoms with Crippen molar-refractivity contribution in [2.75, 3.05) is 18.5 Å². The normalized spacial score (nSPS) is 11.3. The first-order valence-electron chi connectivity index (χ1n) is 5.87. The van der Waals surface area contributed by atoms with Gasteiger partial charge in [-0.3, -0.25) is 0 Å². The summed E-state index contributed by atoms with van der Waals surface area (Å²) < 4.78 is 5.59. The number of rotatable bonds is 6. The van der Waals surface area contributed by atoms with Crippen LogP contribution in [-0.2, 0) is 4.74 Å². The van der Waals surface area contributed by atoms with Gasteiger partial charge in [0.25, 0.3) is 0 Å². The lowest BCUT2D eigenvalue weighted by Crippen LogP contribution is -2.34. The number of ether oxygens (including phenoxy) is 1. The van der Waals surface area contributed by atoms with Crippen LogP contribution >= 0.6 is 12.2 Å². The third-order valence-electron chi connectivity index (χ3n) is 2.31. The molecule has 100 valence electrons. The maximum atomic E-state index is 5.59. The minimum atomic E-state index is -0.273. The second-order valence-electron chi connectivity index (χ2n) is 4.63. The van der Waals surface area contributed by atoms with Crippen LogP contribution < -0.4 is 11.1 Å². The number of aryl methyl sites for hydroxylation is 1. The van der Waals surface area contributed by atoms with Crippen molar-refractivity contribution >= 4 is 23.2 Å². The SMILES string of the molecule is CCOC(C)(C)CNc1nc(C)cc(C(N)=S)n1. The third-order valence-corrected chi connectivity index (χ3v) is 2.52. The number of thiocarbonyl (C=S) groups is 1. The van der Waals surface area contributed by atoms with Gasteiger partial charge in [0, 0.05) is 18.8 Å². The van der Waals surface area contributed by atoms with Gasteiger partial charge in [-0.25, -0.2) is 9.97 Å². The van der Waals surface area contributed by atoms with Gasteiger partial charge in [-0.2, -0.15) is 0 Å². The van der Waals surface area contributed by atoms with E-state index in [9.17, 15) is 0 Å². The molecule has 1 rings (SSSR count). The third kappa shape index (κ3) is 4.54. The molecule has 6 heteroatoms. The van der Waals surface area contributed by atoms with E-state index in [2.05, 4.69) is 15.3 Å². The van der Waals surface area contributed by atoms with Crippen molar-refractivity contribution in [1.29, 1.82) is 0 Å². The molecule has 1 aromatic rings. The molecule has 0 saturated heterocycles. The van der Waals surface area contributed by atoms with E-state index in [0.717, 1.165) is 5.69 Å². The Morgan fingerprint density at radius 2 is 2.17 bits per heavy atom. The summed E-state index contributed by atoms with van der Waals surface area (Å²) in [6, 6.07) is 1.77. The number of nitrogens with two attached hydrogens (primary N) is 1. The van der Waals surface area contributed by atoms with Crippen molar-refractivity contribution in [3.05, 3.63) is 17.5 Å². The Bertz CT molecular complexity index is 434. The van der Waals surface area contributed by atoms with Crippen molar-refractivity contribution in [1.82, 2.24) is 9.97 Å². The van der Waals surface area contributed by atoms with Crippen LogP contribution in [0.25, 0.3) is 0 Å². The Balaban J connectivity index is 2.76. The Morgan fingerprint density at radius 1 is 1.50 bits per heavy atom. The lowest BCUT2D eigenvalue weighted by Gasteiger charge is -2.24. The summed E-state index contributed by atoms with van der Waals surface area (Å²) in [5.41, 5.74) is 6.70. The quantitative estimate of drug-likeness (QED) is 0.764.